The zero-order valence-corrected chi connectivity index (χ0v) is 23.4. The van der Waals surface area contributed by atoms with Gasteiger partial charge in [0.2, 0.25) is 0 Å². The highest BCUT2D eigenvalue weighted by Gasteiger charge is 2.18. The van der Waals surface area contributed by atoms with Crippen LogP contribution in [0.15, 0.2) is 174 Å². The number of furan rings is 1. The minimum atomic E-state index is -1.05. The minimum Gasteiger partial charge on any atom is -0.455 e. The molecule has 9 aromatic carbocycles. The van der Waals surface area contributed by atoms with E-state index in [1.165, 1.54) is 0 Å². The number of rotatable bonds is 3. The van der Waals surface area contributed by atoms with Gasteiger partial charge in [0.05, 0.1) is 38.4 Å². The average Bonchev–Trinajstić information content (AvgIpc) is 3.78. The van der Waals surface area contributed by atoms with Gasteiger partial charge >= 0.3 is 0 Å². The van der Waals surface area contributed by atoms with Crippen LogP contribution in [-0.4, -0.2) is 0 Å². The zero-order chi connectivity index (χ0) is 55.3. The highest BCUT2D eigenvalue weighted by molar-refractivity contribution is 6.23. The van der Waals surface area contributed by atoms with Gasteiger partial charge < -0.3 is 4.42 Å². The predicted octanol–water partition coefficient (Wildman–Crippen LogP) is 13.2. The lowest BCUT2D eigenvalue weighted by molar-refractivity contribution is 0.672. The van der Waals surface area contributed by atoms with Gasteiger partial charge in [-0.2, -0.15) is 0 Å². The molecule has 218 valence electrons. The van der Waals surface area contributed by atoms with Gasteiger partial charge in [0.15, 0.2) is 0 Å². The Labute approximate surface area is 311 Å². The van der Waals surface area contributed by atoms with Gasteiger partial charge in [-0.3, -0.25) is 0 Å². The Morgan fingerprint density at radius 2 is 0.830 bits per heavy atom. The van der Waals surface area contributed by atoms with Crippen LogP contribution < -0.4 is 0 Å². The number of hydrogen-bond acceptors (Lipinski definition) is 1. The predicted molar refractivity (Wildman–Crippen MR) is 200 cm³/mol. The van der Waals surface area contributed by atoms with Gasteiger partial charge in [0.25, 0.3) is 0 Å². The van der Waals surface area contributed by atoms with E-state index in [0.29, 0.717) is 0 Å². The molecular formula is C46H28O. The summed E-state index contributed by atoms with van der Waals surface area (Å²) in [5, 5.41) is -6.23. The molecule has 1 heterocycles. The highest BCUT2D eigenvalue weighted by atomic mass is 16.3. The van der Waals surface area contributed by atoms with Gasteiger partial charge in [-0.1, -0.05) is 139 Å². The first-order valence-electron chi connectivity index (χ1n) is 27.9. The quantitative estimate of drug-likeness (QED) is 0.178. The molecule has 0 aliphatic carbocycles. The molecule has 1 nitrogen and oxygen atoms in total. The number of benzene rings is 9. The van der Waals surface area contributed by atoms with E-state index in [1.54, 1.807) is 0 Å². The van der Waals surface area contributed by atoms with Crippen molar-refractivity contribution < 1.29 is 42.8 Å². The van der Waals surface area contributed by atoms with Crippen molar-refractivity contribution >= 4 is 65.0 Å². The van der Waals surface area contributed by atoms with Crippen molar-refractivity contribution in [3.63, 3.8) is 0 Å². The Balaban J connectivity index is 1.46. The molecule has 0 spiro atoms. The fourth-order valence-corrected chi connectivity index (χ4v) is 5.66. The van der Waals surface area contributed by atoms with Crippen molar-refractivity contribution in [3.05, 3.63) is 169 Å². The van der Waals surface area contributed by atoms with E-state index >= 15 is 0 Å². The summed E-state index contributed by atoms with van der Waals surface area (Å²) in [4.78, 5) is 0. The maximum Gasteiger partial charge on any atom is 0.143 e. The lowest BCUT2D eigenvalue weighted by Crippen LogP contribution is -1.91. The maximum absolute atomic E-state index is 9.82. The Kier molecular flexibility index (Phi) is 2.31. The van der Waals surface area contributed by atoms with E-state index in [9.17, 15) is 16.4 Å². The first-order chi connectivity index (χ1) is 35.0. The topological polar surface area (TPSA) is 13.1 Å². The van der Waals surface area contributed by atoms with Crippen LogP contribution in [0.3, 0.4) is 0 Å². The van der Waals surface area contributed by atoms with Crippen LogP contribution in [0.25, 0.3) is 98.4 Å². The van der Waals surface area contributed by atoms with Crippen LogP contribution in [0, 0.1) is 0 Å². The summed E-state index contributed by atoms with van der Waals surface area (Å²) in [6.07, 6.45) is 0. The molecule has 0 saturated carbocycles. The molecule has 10 rings (SSSR count). The molecule has 1 aromatic heterocycles. The van der Waals surface area contributed by atoms with E-state index in [0.717, 1.165) is 0 Å². The molecule has 0 N–H and O–H groups in total. The minimum absolute atomic E-state index is 0.415. The van der Waals surface area contributed by atoms with E-state index in [4.69, 9.17) is 26.3 Å². The first kappa shape index (κ1) is 10.7. The van der Waals surface area contributed by atoms with Gasteiger partial charge in [-0.05, 0) is 101 Å². The largest absolute Gasteiger partial charge is 0.455 e. The number of fused-ring (bicyclic) bond motifs is 8. The second kappa shape index (κ2) is 10.2. The smallest absolute Gasteiger partial charge is 0.143 e. The van der Waals surface area contributed by atoms with E-state index in [-0.39, 0.29) is 0 Å². The summed E-state index contributed by atoms with van der Waals surface area (Å²) in [6, 6.07) is -25.4. The van der Waals surface area contributed by atoms with Crippen molar-refractivity contribution in [2.45, 2.75) is 0 Å². The van der Waals surface area contributed by atoms with Crippen LogP contribution in [-0.2, 0) is 0 Å². The lowest BCUT2D eigenvalue weighted by Gasteiger charge is -2.18. The summed E-state index contributed by atoms with van der Waals surface area (Å²) >= 11 is 0. The van der Waals surface area contributed by atoms with E-state index < -0.39 is 268 Å². The molecule has 0 aliphatic heterocycles. The van der Waals surface area contributed by atoms with Crippen LogP contribution in [0.2, 0.25) is 0 Å². The fraction of sp³-hybridized carbons (Fsp3) is 0. The first-order valence-corrected chi connectivity index (χ1v) is 13.9. The molecule has 1 heteroatoms. The molecule has 0 atom stereocenters. The zero-order valence-electron chi connectivity index (χ0n) is 51.4. The second-order valence-electron chi connectivity index (χ2n) is 10.3. The molecule has 0 fully saturated rings. The fourth-order valence-electron chi connectivity index (χ4n) is 5.66. The van der Waals surface area contributed by atoms with Crippen molar-refractivity contribution in [3.8, 4) is 33.4 Å². The van der Waals surface area contributed by atoms with Gasteiger partial charge in [0.1, 0.15) is 11.2 Å². The average molecular weight is 625 g/mol. The Morgan fingerprint density at radius 1 is 0.319 bits per heavy atom. The molecule has 10 aromatic rings. The van der Waals surface area contributed by atoms with Crippen molar-refractivity contribution in [1.82, 2.24) is 0 Å². The Hall–Kier alpha value is -6.18. The molecule has 47 heavy (non-hydrogen) atoms. The SMILES string of the molecule is [2H]c1c([2H])c([2H])c(-c2c([2H])c([2H])c3c([2H])c(-c4c5c([2H])c([2H])c([2H])c([2H])c5c(-c5c([2H])c([2H])c6oc7c8c([2H])c([2H])c([2H])c([2H])c8c([2H])c([2H])c7c6c5[2H])c5c([2H])c([2H])c([2H])c([2H])c45)c([2H])c([2H])c3c2[2H])c([2H])c1[2H]. The molecule has 0 saturated heterocycles. The van der Waals surface area contributed by atoms with Crippen LogP contribution >= 0.6 is 0 Å². The third kappa shape index (κ3) is 4.03. The van der Waals surface area contributed by atoms with Crippen LogP contribution in [0.1, 0.15) is 38.4 Å². The van der Waals surface area contributed by atoms with Gasteiger partial charge in [-0.15, -0.1) is 0 Å². The number of hydrogen-bond donors (Lipinski definition) is 0. The lowest BCUT2D eigenvalue weighted by atomic mass is 9.85. The van der Waals surface area contributed by atoms with Crippen molar-refractivity contribution in [1.29, 1.82) is 0 Å². The monoisotopic (exact) mass is 624 g/mol. The third-order valence-electron chi connectivity index (χ3n) is 7.69. The summed E-state index contributed by atoms with van der Waals surface area (Å²) < 4.78 is 257. The molecular weight excluding hydrogens is 569 g/mol. The summed E-state index contributed by atoms with van der Waals surface area (Å²) in [6.45, 7) is 0. The Morgan fingerprint density at radius 3 is 1.51 bits per heavy atom. The van der Waals surface area contributed by atoms with Crippen LogP contribution in [0.5, 0.6) is 0 Å². The molecule has 0 bridgehead atoms. The summed E-state index contributed by atoms with van der Waals surface area (Å²) in [5.74, 6) is 0. The molecule has 0 radical (unpaired) electrons. The molecule has 0 unspecified atom stereocenters. The van der Waals surface area contributed by atoms with E-state index in [1.807, 2.05) is 0 Å². The Bertz CT molecular complexity index is 4330. The summed E-state index contributed by atoms with van der Waals surface area (Å²) in [7, 11) is 0. The van der Waals surface area contributed by atoms with Crippen molar-refractivity contribution in [2.24, 2.45) is 0 Å². The standard InChI is InChI=1S/C46H28O/c1-2-10-29(11-3-1)31-18-19-33-27-34(21-20-32(33)26-31)44-37-14-6-8-16-39(37)45(40-17-9-7-15-38(40)44)35-23-25-43-42(28-35)41-24-22-30-12-4-5-13-36(30)46(41)47-43/h1-28H/i1D,2D,3D,4D,5D,6D,7D,8D,9D,10D,11D,12D,13D,14D,15D,16D,17D,18D,19D,20D,21D,22D,23D,24D,25D,26D,27D,28D. The maximum atomic E-state index is 9.82. The molecule has 0 aliphatic rings. The van der Waals surface area contributed by atoms with Crippen molar-refractivity contribution in [2.75, 3.05) is 0 Å². The second-order valence-corrected chi connectivity index (χ2v) is 10.3. The summed E-state index contributed by atoms with van der Waals surface area (Å²) in [5.41, 5.74) is -5.58. The molecule has 0 amide bonds. The van der Waals surface area contributed by atoms with Gasteiger partial charge in [-0.25, -0.2) is 0 Å². The van der Waals surface area contributed by atoms with E-state index in [2.05, 4.69) is 0 Å². The highest BCUT2D eigenvalue weighted by Crippen LogP contribution is 2.45. The normalized spacial score (nSPS) is 20.2. The third-order valence-corrected chi connectivity index (χ3v) is 7.69. The van der Waals surface area contributed by atoms with Gasteiger partial charge in [0, 0.05) is 16.2 Å². The van der Waals surface area contributed by atoms with Crippen LogP contribution in [0.4, 0.5) is 0 Å².